The first-order chi connectivity index (χ1) is 14.5. The predicted molar refractivity (Wildman–Crippen MR) is 119 cm³/mol. The van der Waals surface area contributed by atoms with Crippen molar-refractivity contribution in [2.24, 2.45) is 0 Å². The van der Waals surface area contributed by atoms with Crippen LogP contribution in [0.3, 0.4) is 0 Å². The smallest absolute Gasteiger partial charge is 0.284 e. The van der Waals surface area contributed by atoms with Gasteiger partial charge in [0.15, 0.2) is 5.01 Å². The number of carbonyl (C=O) groups excluding carboxylic acids is 2. The van der Waals surface area contributed by atoms with Gasteiger partial charge in [0.1, 0.15) is 0 Å². The molecule has 154 valence electrons. The minimum atomic E-state index is -0.231. The minimum absolute atomic E-state index is 0.227. The summed E-state index contributed by atoms with van der Waals surface area (Å²) in [5, 5.41) is 6.79. The summed E-state index contributed by atoms with van der Waals surface area (Å²) < 4.78 is 0. The van der Waals surface area contributed by atoms with E-state index in [2.05, 4.69) is 27.6 Å². The lowest BCUT2D eigenvalue weighted by Gasteiger charge is -2.20. The first-order valence-electron chi connectivity index (χ1n) is 9.60. The molecule has 0 fully saturated rings. The lowest BCUT2D eigenvalue weighted by atomic mass is 10.1. The van der Waals surface area contributed by atoms with Crippen molar-refractivity contribution in [3.05, 3.63) is 80.3 Å². The summed E-state index contributed by atoms with van der Waals surface area (Å²) in [5.74, 6) is -0.457. The molecule has 2 amide bonds. The lowest BCUT2D eigenvalue weighted by molar-refractivity contribution is 0.0950. The molecule has 2 N–H and O–H groups in total. The number of benzene rings is 2. The van der Waals surface area contributed by atoms with Gasteiger partial charge in [-0.3, -0.25) is 9.59 Å². The molecule has 1 aromatic heterocycles. The molecule has 1 aliphatic heterocycles. The highest BCUT2D eigenvalue weighted by atomic mass is 35.5. The van der Waals surface area contributed by atoms with Crippen molar-refractivity contribution in [1.29, 1.82) is 0 Å². The molecule has 0 unspecified atom stereocenters. The molecule has 2 heterocycles. The summed E-state index contributed by atoms with van der Waals surface area (Å²) in [6.07, 6.45) is 0.863. The molecule has 0 atom stereocenters. The van der Waals surface area contributed by atoms with Gasteiger partial charge in [-0.25, -0.2) is 4.98 Å². The van der Waals surface area contributed by atoms with Crippen LogP contribution in [-0.4, -0.2) is 35.3 Å². The number of aromatic nitrogens is 1. The van der Waals surface area contributed by atoms with E-state index in [4.69, 9.17) is 11.6 Å². The van der Waals surface area contributed by atoms with Crippen molar-refractivity contribution in [3.63, 3.8) is 0 Å². The average Bonchev–Trinajstić information content (AvgIpc) is 3.16. The van der Waals surface area contributed by atoms with Gasteiger partial charge in [-0.05, 0) is 36.9 Å². The highest BCUT2D eigenvalue weighted by Gasteiger charge is 2.21. The van der Waals surface area contributed by atoms with Gasteiger partial charge in [0.25, 0.3) is 11.8 Å². The summed E-state index contributed by atoms with van der Waals surface area (Å²) in [7, 11) is 2.07. The second-order valence-electron chi connectivity index (χ2n) is 7.18. The second-order valence-corrected chi connectivity index (χ2v) is 8.70. The standard InChI is InChI=1S/C22H21ClN4O2S/c1-27-10-9-18-19(13-27)30-22(26-18)21(29)25-17-8-3-2-5-15(17)12-24-20(28)14-6-4-7-16(23)11-14/h2-8,11H,9-10,12-13H2,1H3,(H,24,28)(H,25,29). The molecule has 0 saturated carbocycles. The molecular formula is C22H21ClN4O2S. The maximum atomic E-state index is 12.8. The molecule has 0 saturated heterocycles. The van der Waals surface area contributed by atoms with Crippen molar-refractivity contribution < 1.29 is 9.59 Å². The molecule has 0 aliphatic carbocycles. The van der Waals surface area contributed by atoms with E-state index in [1.165, 1.54) is 11.3 Å². The number of anilines is 1. The maximum Gasteiger partial charge on any atom is 0.284 e. The van der Waals surface area contributed by atoms with Crippen molar-refractivity contribution in [1.82, 2.24) is 15.2 Å². The van der Waals surface area contributed by atoms with Crippen LogP contribution < -0.4 is 10.6 Å². The molecular weight excluding hydrogens is 420 g/mol. The summed E-state index contributed by atoms with van der Waals surface area (Å²) >= 11 is 7.40. The van der Waals surface area contributed by atoms with Crippen molar-refractivity contribution in [3.8, 4) is 0 Å². The van der Waals surface area contributed by atoms with E-state index in [0.717, 1.165) is 35.6 Å². The predicted octanol–water partition coefficient (Wildman–Crippen LogP) is 3.97. The van der Waals surface area contributed by atoms with Crippen LogP contribution in [0.25, 0.3) is 0 Å². The Morgan fingerprint density at radius 3 is 2.83 bits per heavy atom. The Balaban J connectivity index is 1.44. The molecule has 4 rings (SSSR count). The number of amides is 2. The summed E-state index contributed by atoms with van der Waals surface area (Å²) in [6, 6.07) is 14.2. The van der Waals surface area contributed by atoms with Crippen molar-refractivity contribution in [2.75, 3.05) is 18.9 Å². The zero-order valence-electron chi connectivity index (χ0n) is 16.4. The van der Waals surface area contributed by atoms with Gasteiger partial charge in [0.2, 0.25) is 0 Å². The molecule has 8 heteroatoms. The maximum absolute atomic E-state index is 12.8. The van der Waals surface area contributed by atoms with Crippen LogP contribution >= 0.6 is 22.9 Å². The third kappa shape index (κ3) is 4.70. The van der Waals surface area contributed by atoms with Crippen LogP contribution in [0, 0.1) is 0 Å². The fourth-order valence-corrected chi connectivity index (χ4v) is 4.57. The number of hydrogen-bond acceptors (Lipinski definition) is 5. The largest absolute Gasteiger partial charge is 0.348 e. The van der Waals surface area contributed by atoms with E-state index in [9.17, 15) is 9.59 Å². The van der Waals surface area contributed by atoms with E-state index in [0.29, 0.717) is 21.3 Å². The molecule has 2 aromatic carbocycles. The average molecular weight is 441 g/mol. The Hall–Kier alpha value is -2.74. The number of carbonyl (C=O) groups is 2. The number of rotatable bonds is 5. The number of likely N-dealkylation sites (N-methyl/N-ethyl adjacent to an activating group) is 1. The monoisotopic (exact) mass is 440 g/mol. The van der Waals surface area contributed by atoms with Gasteiger partial charge in [-0.1, -0.05) is 35.9 Å². The summed E-state index contributed by atoms with van der Waals surface area (Å²) in [6.45, 7) is 2.06. The third-order valence-corrected chi connectivity index (χ3v) is 6.22. The molecule has 0 spiro atoms. The SMILES string of the molecule is CN1CCc2nc(C(=O)Nc3ccccc3CNC(=O)c3cccc(Cl)c3)sc2C1. The van der Waals surface area contributed by atoms with Gasteiger partial charge >= 0.3 is 0 Å². The number of para-hydroxylation sites is 1. The molecule has 6 nitrogen and oxygen atoms in total. The van der Waals surface area contributed by atoms with Crippen molar-refractivity contribution >= 4 is 40.4 Å². The normalized spacial score (nSPS) is 13.5. The fraction of sp³-hybridized carbons (Fsp3) is 0.227. The highest BCUT2D eigenvalue weighted by molar-refractivity contribution is 7.13. The van der Waals surface area contributed by atoms with Gasteiger partial charge in [0, 0.05) is 47.2 Å². The third-order valence-electron chi connectivity index (χ3n) is 4.91. The quantitative estimate of drug-likeness (QED) is 0.629. The Bertz CT molecular complexity index is 1100. The van der Waals surface area contributed by atoms with E-state index in [1.807, 2.05) is 24.3 Å². The van der Waals surface area contributed by atoms with E-state index < -0.39 is 0 Å². The van der Waals surface area contributed by atoms with Crippen molar-refractivity contribution in [2.45, 2.75) is 19.5 Å². The number of nitrogens with one attached hydrogen (secondary N) is 2. The number of hydrogen-bond donors (Lipinski definition) is 2. The number of fused-ring (bicyclic) bond motifs is 1. The van der Waals surface area contributed by atoms with Crippen LogP contribution in [0.4, 0.5) is 5.69 Å². The van der Waals surface area contributed by atoms with E-state index in [1.54, 1.807) is 24.3 Å². The summed E-state index contributed by atoms with van der Waals surface area (Å²) in [4.78, 5) is 33.1. The Morgan fingerprint density at radius 1 is 1.17 bits per heavy atom. The van der Waals surface area contributed by atoms with Gasteiger partial charge in [-0.15, -0.1) is 11.3 Å². The van der Waals surface area contributed by atoms with Gasteiger partial charge in [-0.2, -0.15) is 0 Å². The van der Waals surface area contributed by atoms with Crippen LogP contribution in [0.15, 0.2) is 48.5 Å². The number of halogens is 1. The Kier molecular flexibility index (Phi) is 6.13. The first-order valence-corrected chi connectivity index (χ1v) is 10.8. The molecule has 0 bridgehead atoms. The van der Waals surface area contributed by atoms with E-state index in [-0.39, 0.29) is 18.4 Å². The number of nitrogens with zero attached hydrogens (tertiary/aromatic N) is 2. The van der Waals surface area contributed by atoms with Gasteiger partial charge in [0.05, 0.1) is 5.69 Å². The molecule has 3 aromatic rings. The summed E-state index contributed by atoms with van der Waals surface area (Å²) in [5.41, 5.74) is 2.97. The molecule has 1 aliphatic rings. The molecule has 0 radical (unpaired) electrons. The molecule has 30 heavy (non-hydrogen) atoms. The van der Waals surface area contributed by atoms with Gasteiger partial charge < -0.3 is 15.5 Å². The Morgan fingerprint density at radius 2 is 2.00 bits per heavy atom. The zero-order chi connectivity index (χ0) is 21.1. The lowest BCUT2D eigenvalue weighted by Crippen LogP contribution is -2.25. The minimum Gasteiger partial charge on any atom is -0.348 e. The zero-order valence-corrected chi connectivity index (χ0v) is 18.0. The van der Waals surface area contributed by atoms with Crippen LogP contribution in [0.5, 0.6) is 0 Å². The fourth-order valence-electron chi connectivity index (χ4n) is 3.30. The number of thiazole rings is 1. The van der Waals surface area contributed by atoms with Crippen LogP contribution in [0.1, 0.15) is 36.3 Å². The Labute approximate surface area is 183 Å². The van der Waals surface area contributed by atoms with Crippen LogP contribution in [-0.2, 0) is 19.5 Å². The van der Waals surface area contributed by atoms with Crippen LogP contribution in [0.2, 0.25) is 5.02 Å². The van der Waals surface area contributed by atoms with E-state index >= 15 is 0 Å². The first kappa shape index (κ1) is 20.5. The topological polar surface area (TPSA) is 74.3 Å². The second kappa shape index (κ2) is 8.95. The highest BCUT2D eigenvalue weighted by Crippen LogP contribution is 2.25.